The molecule has 3 rings (SSSR count). The lowest BCUT2D eigenvalue weighted by Gasteiger charge is -2.26. The molecule has 0 saturated heterocycles. The van der Waals surface area contributed by atoms with Crippen molar-refractivity contribution in [3.8, 4) is 11.5 Å². The Kier molecular flexibility index (Phi) is 5.37. The number of benzene rings is 1. The van der Waals surface area contributed by atoms with Gasteiger partial charge in [-0.05, 0) is 12.1 Å². The number of nitrogens with zero attached hydrogens (tertiary/aromatic N) is 3. The first-order valence-corrected chi connectivity index (χ1v) is 8.34. The summed E-state index contributed by atoms with van der Waals surface area (Å²) in [7, 11) is 1.68. The largest absolute Gasteiger partial charge is 0.486 e. The van der Waals surface area contributed by atoms with E-state index in [9.17, 15) is 4.79 Å². The van der Waals surface area contributed by atoms with Gasteiger partial charge >= 0.3 is 6.03 Å². The number of hydrogen-bond donors (Lipinski definition) is 1. The van der Waals surface area contributed by atoms with Crippen LogP contribution in [0.3, 0.4) is 0 Å². The Morgan fingerprint density at radius 2 is 2.04 bits per heavy atom. The Morgan fingerprint density at radius 1 is 1.28 bits per heavy atom. The van der Waals surface area contributed by atoms with Crippen LogP contribution >= 0.6 is 0 Å². The van der Waals surface area contributed by atoms with Gasteiger partial charge < -0.3 is 24.1 Å². The number of carbonyl (C=O) groups is 1. The summed E-state index contributed by atoms with van der Waals surface area (Å²) in [6.07, 6.45) is 1.26. The number of carbonyl (C=O) groups excluding carboxylic acids is 1. The van der Waals surface area contributed by atoms with Crippen molar-refractivity contribution in [1.82, 2.24) is 20.4 Å². The molecule has 8 heteroatoms. The summed E-state index contributed by atoms with van der Waals surface area (Å²) < 4.78 is 16.9. The SMILES string of the molecule is CCc1nnc(CN(C)C(=O)NCC[C@@H]2COc3ccccc3O2)o1. The molecule has 0 unspecified atom stereocenters. The molecule has 8 nitrogen and oxygen atoms in total. The zero-order chi connectivity index (χ0) is 17.6. The fourth-order valence-electron chi connectivity index (χ4n) is 2.45. The highest BCUT2D eigenvalue weighted by Crippen LogP contribution is 2.31. The molecule has 1 aromatic heterocycles. The average Bonchev–Trinajstić information content (AvgIpc) is 3.09. The third-order valence-electron chi connectivity index (χ3n) is 3.84. The van der Waals surface area contributed by atoms with E-state index in [-0.39, 0.29) is 18.7 Å². The van der Waals surface area contributed by atoms with E-state index in [2.05, 4.69) is 15.5 Å². The smallest absolute Gasteiger partial charge is 0.317 e. The first-order valence-electron chi connectivity index (χ1n) is 8.34. The van der Waals surface area contributed by atoms with Crippen molar-refractivity contribution in [2.75, 3.05) is 20.2 Å². The van der Waals surface area contributed by atoms with Crippen molar-refractivity contribution in [3.05, 3.63) is 36.0 Å². The van der Waals surface area contributed by atoms with Crippen LogP contribution in [0.25, 0.3) is 0 Å². The van der Waals surface area contributed by atoms with Crippen LogP contribution in [0.5, 0.6) is 11.5 Å². The first kappa shape index (κ1) is 17.1. The van der Waals surface area contributed by atoms with Gasteiger partial charge in [-0.2, -0.15) is 0 Å². The van der Waals surface area contributed by atoms with Gasteiger partial charge in [0.25, 0.3) is 0 Å². The Hall–Kier alpha value is -2.77. The van der Waals surface area contributed by atoms with Crippen LogP contribution in [0.4, 0.5) is 4.79 Å². The number of para-hydroxylation sites is 2. The summed E-state index contributed by atoms with van der Waals surface area (Å²) in [6.45, 7) is 3.17. The lowest BCUT2D eigenvalue weighted by Crippen LogP contribution is -2.39. The number of urea groups is 1. The lowest BCUT2D eigenvalue weighted by molar-refractivity contribution is 0.0849. The molecule has 2 heterocycles. The topological polar surface area (TPSA) is 89.7 Å². The highest BCUT2D eigenvalue weighted by molar-refractivity contribution is 5.73. The van der Waals surface area contributed by atoms with Gasteiger partial charge in [0.15, 0.2) is 11.5 Å². The Bertz CT molecular complexity index is 718. The van der Waals surface area contributed by atoms with Crippen molar-refractivity contribution in [2.24, 2.45) is 0 Å². The highest BCUT2D eigenvalue weighted by Gasteiger charge is 2.21. The summed E-state index contributed by atoms with van der Waals surface area (Å²) >= 11 is 0. The van der Waals surface area contributed by atoms with Crippen LogP contribution in [0, 0.1) is 0 Å². The monoisotopic (exact) mass is 346 g/mol. The van der Waals surface area contributed by atoms with Crippen LogP contribution < -0.4 is 14.8 Å². The zero-order valence-corrected chi connectivity index (χ0v) is 14.4. The van der Waals surface area contributed by atoms with Crippen molar-refractivity contribution in [1.29, 1.82) is 0 Å². The molecule has 0 fully saturated rings. The second-order valence-electron chi connectivity index (χ2n) is 5.82. The molecule has 2 aromatic rings. The van der Waals surface area contributed by atoms with E-state index in [0.29, 0.717) is 37.8 Å². The number of ether oxygens (including phenoxy) is 2. The molecule has 1 aliphatic heterocycles. The van der Waals surface area contributed by atoms with Crippen LogP contribution in [0.1, 0.15) is 25.1 Å². The van der Waals surface area contributed by atoms with Gasteiger partial charge in [-0.1, -0.05) is 19.1 Å². The van der Waals surface area contributed by atoms with Gasteiger partial charge in [-0.25, -0.2) is 4.79 Å². The Labute approximate surface area is 146 Å². The van der Waals surface area contributed by atoms with Crippen molar-refractivity contribution in [3.63, 3.8) is 0 Å². The first-order chi connectivity index (χ1) is 12.2. The van der Waals surface area contributed by atoms with Gasteiger partial charge in [0.05, 0.1) is 0 Å². The molecule has 0 aliphatic carbocycles. The van der Waals surface area contributed by atoms with E-state index in [0.717, 1.165) is 11.5 Å². The van der Waals surface area contributed by atoms with E-state index in [1.807, 2.05) is 31.2 Å². The standard InChI is InChI=1S/C17H22N4O4/c1-3-15-19-20-16(25-15)10-21(2)17(22)18-9-8-12-11-23-13-6-4-5-7-14(13)24-12/h4-7,12H,3,8-11H2,1-2H3,(H,18,22)/t12-/m1/s1. The molecule has 1 aliphatic rings. The molecule has 1 N–H and O–H groups in total. The molecule has 0 radical (unpaired) electrons. The number of hydrogen-bond acceptors (Lipinski definition) is 6. The molecular weight excluding hydrogens is 324 g/mol. The van der Waals surface area contributed by atoms with E-state index in [1.165, 1.54) is 4.90 Å². The van der Waals surface area contributed by atoms with E-state index in [1.54, 1.807) is 7.05 Å². The maximum atomic E-state index is 12.1. The molecule has 0 saturated carbocycles. The molecule has 134 valence electrons. The third-order valence-corrected chi connectivity index (χ3v) is 3.84. The van der Waals surface area contributed by atoms with Crippen LogP contribution in [-0.4, -0.2) is 47.4 Å². The minimum Gasteiger partial charge on any atom is -0.486 e. The molecule has 25 heavy (non-hydrogen) atoms. The maximum Gasteiger partial charge on any atom is 0.317 e. The van der Waals surface area contributed by atoms with Gasteiger partial charge in [-0.15, -0.1) is 10.2 Å². The summed E-state index contributed by atoms with van der Waals surface area (Å²) in [4.78, 5) is 13.6. The summed E-state index contributed by atoms with van der Waals surface area (Å²) in [5, 5.41) is 10.6. The number of fused-ring (bicyclic) bond motifs is 1. The van der Waals surface area contributed by atoms with Gasteiger partial charge in [0.2, 0.25) is 11.8 Å². The molecule has 1 aromatic carbocycles. The molecule has 2 amide bonds. The Balaban J connectivity index is 1.40. The van der Waals surface area contributed by atoms with E-state index >= 15 is 0 Å². The fraction of sp³-hybridized carbons (Fsp3) is 0.471. The minimum absolute atomic E-state index is 0.0800. The Morgan fingerprint density at radius 3 is 2.80 bits per heavy atom. The normalized spacial score (nSPS) is 15.7. The summed E-state index contributed by atoms with van der Waals surface area (Å²) in [6, 6.07) is 7.37. The van der Waals surface area contributed by atoms with Gasteiger partial charge in [-0.3, -0.25) is 0 Å². The number of aromatic nitrogens is 2. The average molecular weight is 346 g/mol. The van der Waals surface area contributed by atoms with Crippen LogP contribution in [-0.2, 0) is 13.0 Å². The van der Waals surface area contributed by atoms with Gasteiger partial charge in [0, 0.05) is 26.4 Å². The number of rotatable bonds is 6. The van der Waals surface area contributed by atoms with Gasteiger partial charge in [0.1, 0.15) is 19.3 Å². The fourth-order valence-corrected chi connectivity index (χ4v) is 2.45. The summed E-state index contributed by atoms with van der Waals surface area (Å²) in [5.74, 6) is 2.49. The number of aryl methyl sites for hydroxylation is 1. The quantitative estimate of drug-likeness (QED) is 0.860. The van der Waals surface area contributed by atoms with E-state index < -0.39 is 0 Å². The predicted molar refractivity (Wildman–Crippen MR) is 89.5 cm³/mol. The number of amides is 2. The zero-order valence-electron chi connectivity index (χ0n) is 14.4. The van der Waals surface area contributed by atoms with Crippen molar-refractivity contribution >= 4 is 6.03 Å². The molecule has 0 bridgehead atoms. The summed E-state index contributed by atoms with van der Waals surface area (Å²) in [5.41, 5.74) is 0. The van der Waals surface area contributed by atoms with E-state index in [4.69, 9.17) is 13.9 Å². The lowest BCUT2D eigenvalue weighted by atomic mass is 10.2. The second kappa shape index (κ2) is 7.87. The maximum absolute atomic E-state index is 12.1. The third kappa shape index (κ3) is 4.40. The van der Waals surface area contributed by atoms with Crippen LogP contribution in [0.15, 0.2) is 28.7 Å². The van der Waals surface area contributed by atoms with Crippen molar-refractivity contribution in [2.45, 2.75) is 32.4 Å². The minimum atomic E-state index is -0.201. The van der Waals surface area contributed by atoms with Crippen LogP contribution in [0.2, 0.25) is 0 Å². The van der Waals surface area contributed by atoms with Crippen molar-refractivity contribution < 1.29 is 18.7 Å². The highest BCUT2D eigenvalue weighted by atomic mass is 16.6. The molecular formula is C17H22N4O4. The molecule has 0 spiro atoms. The second-order valence-corrected chi connectivity index (χ2v) is 5.82. The molecule has 1 atom stereocenters. The number of nitrogens with one attached hydrogen (secondary N) is 1. The predicted octanol–water partition coefficient (Wildman–Crippen LogP) is 2.00.